The van der Waals surface area contributed by atoms with Crippen LogP contribution < -0.4 is 10.6 Å². The first-order valence-corrected chi connectivity index (χ1v) is 6.01. The van der Waals surface area contributed by atoms with Crippen LogP contribution in [0.3, 0.4) is 0 Å². The van der Waals surface area contributed by atoms with Gasteiger partial charge in [0.2, 0.25) is 11.8 Å². The van der Waals surface area contributed by atoms with Crippen molar-refractivity contribution in [2.75, 3.05) is 4.90 Å². The molecule has 1 aliphatic rings. The maximum atomic E-state index is 12.2. The summed E-state index contributed by atoms with van der Waals surface area (Å²) in [6.07, 6.45) is 0.225. The lowest BCUT2D eigenvalue weighted by Crippen LogP contribution is -2.33. The molecule has 2 amide bonds. The number of benzene rings is 1. The van der Waals surface area contributed by atoms with Gasteiger partial charge in [0.25, 0.3) is 0 Å². The highest BCUT2D eigenvalue weighted by molar-refractivity contribution is 7.80. The molecule has 0 atom stereocenters. The molecule has 1 fully saturated rings. The van der Waals surface area contributed by atoms with E-state index in [0.29, 0.717) is 11.3 Å². The Morgan fingerprint density at radius 3 is 2.56 bits per heavy atom. The maximum Gasteiger partial charge on any atom is 0.239 e. The minimum Gasteiger partial charge on any atom is -0.389 e. The van der Waals surface area contributed by atoms with Gasteiger partial charge >= 0.3 is 0 Å². The van der Waals surface area contributed by atoms with Gasteiger partial charge in [0, 0.05) is 12.0 Å². The molecule has 0 unspecified atom stereocenters. The molecule has 0 bridgehead atoms. The summed E-state index contributed by atoms with van der Waals surface area (Å²) in [7, 11) is 0. The summed E-state index contributed by atoms with van der Waals surface area (Å²) in [5, 5.41) is 0. The predicted octanol–water partition coefficient (Wildman–Crippen LogP) is 1.61. The quantitative estimate of drug-likeness (QED) is 0.649. The largest absolute Gasteiger partial charge is 0.389 e. The van der Waals surface area contributed by atoms with Gasteiger partial charge in [-0.05, 0) is 12.1 Å². The Hall–Kier alpha value is -1.75. The number of hydrogen-bond donors (Lipinski definition) is 1. The highest BCUT2D eigenvalue weighted by Crippen LogP contribution is 2.35. The van der Waals surface area contributed by atoms with Crippen molar-refractivity contribution in [3.8, 4) is 0 Å². The van der Waals surface area contributed by atoms with Crippen LogP contribution in [0.25, 0.3) is 0 Å². The molecule has 1 aromatic rings. The van der Waals surface area contributed by atoms with Gasteiger partial charge in [0.15, 0.2) is 0 Å². The fraction of sp³-hybridized carbons (Fsp3) is 0.308. The number of nitrogens with zero attached hydrogens (tertiary/aromatic N) is 1. The molecule has 1 aliphatic heterocycles. The third kappa shape index (κ3) is 2.01. The Bertz CT molecular complexity index is 552. The summed E-state index contributed by atoms with van der Waals surface area (Å²) in [4.78, 5) is 25.5. The molecule has 1 aromatic carbocycles. The zero-order valence-corrected chi connectivity index (χ0v) is 11.1. The monoisotopic (exact) mass is 262 g/mol. The number of nitrogens with two attached hydrogens (primary N) is 1. The van der Waals surface area contributed by atoms with Crippen LogP contribution in [0.2, 0.25) is 0 Å². The zero-order chi connectivity index (χ0) is 13.5. The van der Waals surface area contributed by atoms with Gasteiger partial charge in [-0.2, -0.15) is 0 Å². The summed E-state index contributed by atoms with van der Waals surface area (Å²) in [5.41, 5.74) is 6.08. The van der Waals surface area contributed by atoms with Gasteiger partial charge < -0.3 is 5.73 Å². The van der Waals surface area contributed by atoms with E-state index in [9.17, 15) is 9.59 Å². The Balaban J connectivity index is 2.44. The SMILES string of the molecule is CC1(C)CC(=O)N(c2cccc(C(N)=S)c2)C1=O. The lowest BCUT2D eigenvalue weighted by atomic mass is 9.92. The molecule has 1 saturated heterocycles. The number of anilines is 1. The second kappa shape index (κ2) is 4.17. The molecule has 2 N–H and O–H groups in total. The highest BCUT2D eigenvalue weighted by atomic mass is 32.1. The van der Waals surface area contributed by atoms with E-state index < -0.39 is 5.41 Å². The van der Waals surface area contributed by atoms with Crippen molar-refractivity contribution in [3.05, 3.63) is 29.8 Å². The molecule has 0 aromatic heterocycles. The number of amides is 2. The van der Waals surface area contributed by atoms with Gasteiger partial charge in [-0.3, -0.25) is 14.5 Å². The molecule has 18 heavy (non-hydrogen) atoms. The number of thiocarbonyl (C=S) groups is 1. The second-order valence-corrected chi connectivity index (χ2v) is 5.45. The summed E-state index contributed by atoms with van der Waals surface area (Å²) < 4.78 is 0. The van der Waals surface area contributed by atoms with E-state index in [2.05, 4.69) is 0 Å². The Labute approximate surface area is 111 Å². The Kier molecular flexibility index (Phi) is 2.94. The first kappa shape index (κ1) is 12.7. The van der Waals surface area contributed by atoms with Crippen molar-refractivity contribution in [1.29, 1.82) is 0 Å². The van der Waals surface area contributed by atoms with Crippen LogP contribution >= 0.6 is 12.2 Å². The number of carbonyl (C=O) groups excluding carboxylic acids is 2. The minimum atomic E-state index is -0.643. The molecular formula is C13H14N2O2S. The molecule has 5 heteroatoms. The van der Waals surface area contributed by atoms with Gasteiger partial charge in [-0.1, -0.05) is 38.2 Å². The molecule has 1 heterocycles. The van der Waals surface area contributed by atoms with Crippen molar-refractivity contribution in [3.63, 3.8) is 0 Å². The van der Waals surface area contributed by atoms with E-state index in [1.165, 1.54) is 4.90 Å². The summed E-state index contributed by atoms with van der Waals surface area (Å²) in [6, 6.07) is 6.86. The van der Waals surface area contributed by atoms with E-state index >= 15 is 0 Å². The average Bonchev–Trinajstić information content (AvgIpc) is 2.48. The van der Waals surface area contributed by atoms with Gasteiger partial charge in [0.1, 0.15) is 4.99 Å². The topological polar surface area (TPSA) is 63.4 Å². The molecule has 4 nitrogen and oxygen atoms in total. The number of carbonyl (C=O) groups is 2. The lowest BCUT2D eigenvalue weighted by Gasteiger charge is -2.18. The fourth-order valence-electron chi connectivity index (χ4n) is 2.01. The van der Waals surface area contributed by atoms with Crippen LogP contribution in [0.5, 0.6) is 0 Å². The van der Waals surface area contributed by atoms with Crippen molar-refractivity contribution >= 4 is 34.7 Å². The number of imide groups is 1. The van der Waals surface area contributed by atoms with Crippen LogP contribution in [-0.4, -0.2) is 16.8 Å². The Morgan fingerprint density at radius 2 is 2.06 bits per heavy atom. The minimum absolute atomic E-state index is 0.187. The predicted molar refractivity (Wildman–Crippen MR) is 73.2 cm³/mol. The van der Waals surface area contributed by atoms with E-state index in [4.69, 9.17) is 18.0 Å². The van der Waals surface area contributed by atoms with E-state index in [-0.39, 0.29) is 23.2 Å². The van der Waals surface area contributed by atoms with Crippen molar-refractivity contribution in [2.45, 2.75) is 20.3 Å². The summed E-state index contributed by atoms with van der Waals surface area (Å²) in [6.45, 7) is 3.54. The number of hydrogen-bond acceptors (Lipinski definition) is 3. The van der Waals surface area contributed by atoms with Gasteiger partial charge in [0.05, 0.1) is 11.1 Å². The molecule has 0 spiro atoms. The van der Waals surface area contributed by atoms with Crippen LogP contribution in [0.4, 0.5) is 5.69 Å². The smallest absolute Gasteiger partial charge is 0.239 e. The van der Waals surface area contributed by atoms with Crippen LogP contribution in [0.1, 0.15) is 25.8 Å². The molecule has 94 valence electrons. The average molecular weight is 262 g/mol. The third-order valence-corrected chi connectivity index (χ3v) is 3.25. The van der Waals surface area contributed by atoms with E-state index in [1.807, 2.05) is 0 Å². The van der Waals surface area contributed by atoms with E-state index in [0.717, 1.165) is 0 Å². The number of rotatable bonds is 2. The maximum absolute atomic E-state index is 12.2. The second-order valence-electron chi connectivity index (χ2n) is 5.01. The standard InChI is InChI=1S/C13H14N2O2S/c1-13(2)7-10(16)15(12(13)17)9-5-3-4-8(6-9)11(14)18/h3-6H,7H2,1-2H3,(H2,14,18). The van der Waals surface area contributed by atoms with Crippen LogP contribution in [-0.2, 0) is 9.59 Å². The summed E-state index contributed by atoms with van der Waals surface area (Å²) >= 11 is 4.89. The van der Waals surface area contributed by atoms with Gasteiger partial charge in [-0.25, -0.2) is 0 Å². The third-order valence-electron chi connectivity index (χ3n) is 3.01. The molecular weight excluding hydrogens is 248 g/mol. The lowest BCUT2D eigenvalue weighted by molar-refractivity contribution is -0.124. The Morgan fingerprint density at radius 1 is 1.39 bits per heavy atom. The van der Waals surface area contributed by atoms with Crippen LogP contribution in [0.15, 0.2) is 24.3 Å². The van der Waals surface area contributed by atoms with Crippen LogP contribution in [0, 0.1) is 5.41 Å². The normalized spacial score (nSPS) is 18.2. The molecule has 0 saturated carbocycles. The zero-order valence-electron chi connectivity index (χ0n) is 10.3. The molecule has 0 radical (unpaired) electrons. The fourth-order valence-corrected chi connectivity index (χ4v) is 2.14. The van der Waals surface area contributed by atoms with Gasteiger partial charge in [-0.15, -0.1) is 0 Å². The van der Waals surface area contributed by atoms with E-state index in [1.54, 1.807) is 38.1 Å². The van der Waals surface area contributed by atoms with Crippen molar-refractivity contribution in [1.82, 2.24) is 0 Å². The summed E-state index contributed by atoms with van der Waals surface area (Å²) in [5.74, 6) is -0.377. The van der Waals surface area contributed by atoms with Crippen molar-refractivity contribution < 1.29 is 9.59 Å². The first-order chi connectivity index (χ1) is 8.33. The first-order valence-electron chi connectivity index (χ1n) is 5.60. The molecule has 0 aliphatic carbocycles. The highest BCUT2D eigenvalue weighted by Gasteiger charge is 2.45. The van der Waals surface area contributed by atoms with Crippen molar-refractivity contribution in [2.24, 2.45) is 11.1 Å². The molecule has 2 rings (SSSR count).